The average molecular weight is 378 g/mol. The van der Waals surface area contributed by atoms with Crippen molar-refractivity contribution in [3.8, 4) is 0 Å². The molecule has 1 aromatic carbocycles. The van der Waals surface area contributed by atoms with E-state index >= 15 is 0 Å². The van der Waals surface area contributed by atoms with Gasteiger partial charge in [0.25, 0.3) is 0 Å². The third kappa shape index (κ3) is 3.89. The Morgan fingerprint density at radius 1 is 1.23 bits per heavy atom. The highest BCUT2D eigenvalue weighted by atomic mass is 28.4. The Balaban J connectivity index is 1.89. The van der Waals surface area contributed by atoms with Crippen LogP contribution in [0.25, 0.3) is 0 Å². The van der Waals surface area contributed by atoms with Crippen molar-refractivity contribution in [2.75, 3.05) is 0 Å². The number of benzene rings is 1. The minimum Gasteiger partial charge on any atom is -0.414 e. The highest BCUT2D eigenvalue weighted by Gasteiger charge is 2.45. The highest BCUT2D eigenvalue weighted by molar-refractivity contribution is 6.74. The molecule has 26 heavy (non-hydrogen) atoms. The van der Waals surface area contributed by atoms with Gasteiger partial charge in [0.15, 0.2) is 8.32 Å². The predicted octanol–water partition coefficient (Wildman–Crippen LogP) is 5.43. The van der Waals surface area contributed by atoms with Crippen molar-refractivity contribution < 1.29 is 13.6 Å². The van der Waals surface area contributed by atoms with E-state index in [-0.39, 0.29) is 35.0 Å². The van der Waals surface area contributed by atoms with Gasteiger partial charge in [0.2, 0.25) is 5.91 Å². The molecule has 0 spiro atoms. The van der Waals surface area contributed by atoms with Crippen LogP contribution in [-0.4, -0.2) is 31.3 Å². The first kappa shape index (κ1) is 19.6. The van der Waals surface area contributed by atoms with Gasteiger partial charge in [-0.05, 0) is 61.5 Å². The molecule has 144 valence electrons. The van der Waals surface area contributed by atoms with Gasteiger partial charge in [-0.25, -0.2) is 4.39 Å². The zero-order valence-electron chi connectivity index (χ0n) is 16.7. The summed E-state index contributed by atoms with van der Waals surface area (Å²) < 4.78 is 20.6. The Labute approximate surface area is 158 Å². The largest absolute Gasteiger partial charge is 0.414 e. The quantitative estimate of drug-likeness (QED) is 0.657. The second-order valence-electron chi connectivity index (χ2n) is 9.39. The van der Waals surface area contributed by atoms with Crippen LogP contribution in [0.1, 0.15) is 64.5 Å². The maximum absolute atomic E-state index is 13.8. The third-order valence-electron chi connectivity index (χ3n) is 6.47. The van der Waals surface area contributed by atoms with Gasteiger partial charge in [0.05, 0.1) is 6.04 Å². The summed E-state index contributed by atoms with van der Waals surface area (Å²) in [6.07, 6.45) is 4.38. The Morgan fingerprint density at radius 3 is 2.62 bits per heavy atom. The van der Waals surface area contributed by atoms with Crippen molar-refractivity contribution >= 4 is 14.2 Å². The van der Waals surface area contributed by atoms with Crippen molar-refractivity contribution in [2.45, 2.75) is 89.2 Å². The van der Waals surface area contributed by atoms with E-state index in [1.165, 1.54) is 6.07 Å². The first-order valence-electron chi connectivity index (χ1n) is 9.83. The maximum Gasteiger partial charge on any atom is 0.223 e. The lowest BCUT2D eigenvalue weighted by Crippen LogP contribution is -2.54. The zero-order valence-corrected chi connectivity index (χ0v) is 17.7. The molecule has 2 saturated heterocycles. The summed E-state index contributed by atoms with van der Waals surface area (Å²) in [7, 11) is -1.88. The van der Waals surface area contributed by atoms with E-state index in [0.717, 1.165) is 31.2 Å². The fourth-order valence-electron chi connectivity index (χ4n) is 4.08. The Kier molecular flexibility index (Phi) is 5.32. The SMILES string of the molecule is CC(C)(C)[Si](C)(C)O[C@H]1C[C@@H]2CCCC(=O)N2[C@H](c2cccc(F)c2)C1. The molecule has 3 rings (SSSR count). The summed E-state index contributed by atoms with van der Waals surface area (Å²) in [5, 5.41) is 0.154. The predicted molar refractivity (Wildman–Crippen MR) is 105 cm³/mol. The number of fused-ring (bicyclic) bond motifs is 1. The van der Waals surface area contributed by atoms with Gasteiger partial charge in [-0.1, -0.05) is 32.9 Å². The monoisotopic (exact) mass is 377 g/mol. The molecule has 1 aromatic rings. The summed E-state index contributed by atoms with van der Waals surface area (Å²) in [6.45, 7) is 11.3. The van der Waals surface area contributed by atoms with Crippen molar-refractivity contribution in [3.63, 3.8) is 0 Å². The van der Waals surface area contributed by atoms with Crippen LogP contribution >= 0.6 is 0 Å². The molecule has 3 nitrogen and oxygen atoms in total. The molecular formula is C21H32FNO2Si. The molecule has 2 aliphatic heterocycles. The number of carbonyl (C=O) groups is 1. The first-order chi connectivity index (χ1) is 12.1. The van der Waals surface area contributed by atoms with Gasteiger partial charge in [0.1, 0.15) is 5.82 Å². The molecule has 3 atom stereocenters. The molecule has 0 radical (unpaired) electrons. The van der Waals surface area contributed by atoms with Gasteiger partial charge >= 0.3 is 0 Å². The van der Waals surface area contributed by atoms with E-state index < -0.39 is 8.32 Å². The molecule has 0 N–H and O–H groups in total. The van der Waals surface area contributed by atoms with Crippen molar-refractivity contribution in [1.82, 2.24) is 4.90 Å². The van der Waals surface area contributed by atoms with Crippen LogP contribution in [0.4, 0.5) is 4.39 Å². The number of halogens is 1. The fraction of sp³-hybridized carbons (Fsp3) is 0.667. The van der Waals surface area contributed by atoms with E-state index in [0.29, 0.717) is 6.42 Å². The van der Waals surface area contributed by atoms with Gasteiger partial charge < -0.3 is 9.33 Å². The van der Waals surface area contributed by atoms with Crippen LogP contribution in [0.15, 0.2) is 24.3 Å². The van der Waals surface area contributed by atoms with Crippen LogP contribution in [0.5, 0.6) is 0 Å². The smallest absolute Gasteiger partial charge is 0.223 e. The van der Waals surface area contributed by atoms with E-state index in [2.05, 4.69) is 33.9 Å². The molecule has 0 unspecified atom stereocenters. The molecule has 1 amide bonds. The number of nitrogens with zero attached hydrogens (tertiary/aromatic N) is 1. The normalized spacial score (nSPS) is 27.4. The average Bonchev–Trinajstić information content (AvgIpc) is 2.53. The summed E-state index contributed by atoms with van der Waals surface area (Å²) in [4.78, 5) is 14.7. The Hall–Kier alpha value is -1.20. The van der Waals surface area contributed by atoms with Gasteiger partial charge in [-0.3, -0.25) is 4.79 Å². The lowest BCUT2D eigenvalue weighted by molar-refractivity contribution is -0.144. The highest BCUT2D eigenvalue weighted by Crippen LogP contribution is 2.44. The topological polar surface area (TPSA) is 29.5 Å². The minimum absolute atomic E-state index is 0.0768. The minimum atomic E-state index is -1.88. The number of rotatable bonds is 3. The number of hydrogen-bond donors (Lipinski definition) is 0. The first-order valence-corrected chi connectivity index (χ1v) is 12.7. The van der Waals surface area contributed by atoms with Gasteiger partial charge in [-0.15, -0.1) is 0 Å². The van der Waals surface area contributed by atoms with Crippen molar-refractivity contribution in [2.24, 2.45) is 0 Å². The van der Waals surface area contributed by atoms with Crippen LogP contribution in [-0.2, 0) is 9.22 Å². The van der Waals surface area contributed by atoms with Crippen molar-refractivity contribution in [3.05, 3.63) is 35.6 Å². The molecule has 2 heterocycles. The number of carbonyl (C=O) groups excluding carboxylic acids is 1. The summed E-state index contributed by atoms with van der Waals surface area (Å²) in [6, 6.07) is 6.87. The van der Waals surface area contributed by atoms with E-state index in [9.17, 15) is 9.18 Å². The van der Waals surface area contributed by atoms with Gasteiger partial charge in [-0.2, -0.15) is 0 Å². The maximum atomic E-state index is 13.8. The van der Waals surface area contributed by atoms with Crippen LogP contribution < -0.4 is 0 Å². The second kappa shape index (κ2) is 7.08. The number of piperidine rings is 2. The molecule has 5 heteroatoms. The molecule has 0 aliphatic carbocycles. The molecule has 0 aromatic heterocycles. The second-order valence-corrected chi connectivity index (χ2v) is 14.1. The van der Waals surface area contributed by atoms with E-state index in [1.807, 2.05) is 11.0 Å². The Morgan fingerprint density at radius 2 is 1.96 bits per heavy atom. The van der Waals surface area contributed by atoms with E-state index in [1.54, 1.807) is 12.1 Å². The molecular weight excluding hydrogens is 345 g/mol. The summed E-state index contributed by atoms with van der Waals surface area (Å²) in [5.74, 6) is -0.0303. The third-order valence-corrected chi connectivity index (χ3v) is 11.0. The standard InChI is InChI=1S/C21H32FNO2Si/c1-21(2,3)26(4,5)25-18-13-17-10-7-11-20(24)23(17)19(14-18)15-8-6-9-16(22)12-15/h6,8-9,12,17-19H,7,10-11,13-14H2,1-5H3/t17-,18-,19-/m0/s1. The lowest BCUT2D eigenvalue weighted by Gasteiger charge is -2.50. The van der Waals surface area contributed by atoms with Crippen LogP contribution in [0, 0.1) is 5.82 Å². The molecule has 2 aliphatic rings. The summed E-state index contributed by atoms with van der Waals surface area (Å²) >= 11 is 0. The van der Waals surface area contributed by atoms with Crippen LogP contribution in [0.2, 0.25) is 18.1 Å². The van der Waals surface area contributed by atoms with Crippen molar-refractivity contribution in [1.29, 1.82) is 0 Å². The summed E-state index contributed by atoms with van der Waals surface area (Å²) in [5.41, 5.74) is 0.897. The Bertz CT molecular complexity index is 670. The zero-order chi connectivity index (χ0) is 19.1. The number of hydrogen-bond acceptors (Lipinski definition) is 2. The lowest BCUT2D eigenvalue weighted by atomic mass is 9.84. The number of amides is 1. The van der Waals surface area contributed by atoms with Gasteiger partial charge in [0, 0.05) is 18.6 Å². The fourth-order valence-corrected chi connectivity index (χ4v) is 5.46. The molecule has 0 saturated carbocycles. The van der Waals surface area contributed by atoms with E-state index in [4.69, 9.17) is 4.43 Å². The molecule has 0 bridgehead atoms. The molecule has 2 fully saturated rings. The van der Waals surface area contributed by atoms with Crippen LogP contribution in [0.3, 0.4) is 0 Å².